The molecular weight excluding hydrogens is 440 g/mol. The van der Waals surface area contributed by atoms with Gasteiger partial charge in [0, 0.05) is 32.1 Å². The molecule has 0 fully saturated rings. The van der Waals surface area contributed by atoms with E-state index in [4.69, 9.17) is 0 Å². The van der Waals surface area contributed by atoms with Crippen molar-refractivity contribution < 1.29 is 4.79 Å². The van der Waals surface area contributed by atoms with Gasteiger partial charge in [-0.2, -0.15) is 0 Å². The maximum Gasteiger partial charge on any atom is 0.224 e. The van der Waals surface area contributed by atoms with E-state index in [9.17, 15) is 4.79 Å². The summed E-state index contributed by atoms with van der Waals surface area (Å²) in [6, 6.07) is 40.1. The number of hydrogen-bond donors (Lipinski definition) is 1. The van der Waals surface area contributed by atoms with E-state index in [0.717, 1.165) is 11.1 Å². The highest BCUT2D eigenvalue weighted by Crippen LogP contribution is 2.24. The quantitative estimate of drug-likeness (QED) is 0.245. The molecule has 5 aromatic carbocycles. The maximum atomic E-state index is 13.4. The number of nitrogens with zero attached hydrogens (tertiary/aromatic N) is 1. The lowest BCUT2D eigenvalue weighted by atomic mass is 9.99. The second kappa shape index (κ2) is 11.2. The smallest absolute Gasteiger partial charge is 0.224 e. The molecule has 1 N–H and O–H groups in total. The monoisotopic (exact) mass is 472 g/mol. The Hall–Kier alpha value is -3.95. The number of amides is 1. The molecule has 0 aliphatic heterocycles. The van der Waals surface area contributed by atoms with Gasteiger partial charge in [0.1, 0.15) is 0 Å². The van der Waals surface area contributed by atoms with Gasteiger partial charge in [-0.3, -0.25) is 4.79 Å². The first-order valence-electron chi connectivity index (χ1n) is 12.7. The van der Waals surface area contributed by atoms with Gasteiger partial charge in [-0.25, -0.2) is 0 Å². The Balaban J connectivity index is 1.27. The number of nitrogens with one attached hydrogen (secondary N) is 1. The van der Waals surface area contributed by atoms with Crippen LogP contribution >= 0.6 is 0 Å². The first-order valence-corrected chi connectivity index (χ1v) is 12.7. The van der Waals surface area contributed by atoms with Crippen LogP contribution in [0.25, 0.3) is 21.5 Å². The van der Waals surface area contributed by atoms with Crippen molar-refractivity contribution in [2.45, 2.75) is 32.5 Å². The van der Waals surface area contributed by atoms with Gasteiger partial charge in [-0.15, -0.1) is 0 Å². The van der Waals surface area contributed by atoms with Gasteiger partial charge >= 0.3 is 0 Å². The van der Waals surface area contributed by atoms with Crippen LogP contribution in [0.4, 0.5) is 0 Å². The van der Waals surface area contributed by atoms with Gasteiger partial charge in [-0.05, 0) is 51.2 Å². The molecule has 5 aromatic rings. The summed E-state index contributed by atoms with van der Waals surface area (Å²) in [6.07, 6.45) is 0.454. The van der Waals surface area contributed by atoms with Crippen molar-refractivity contribution in [2.24, 2.45) is 0 Å². The average Bonchev–Trinajstić information content (AvgIpc) is 2.92. The molecule has 180 valence electrons. The van der Waals surface area contributed by atoms with E-state index in [-0.39, 0.29) is 11.9 Å². The van der Waals surface area contributed by atoms with Crippen LogP contribution in [-0.2, 0) is 17.9 Å². The van der Waals surface area contributed by atoms with E-state index in [1.54, 1.807) is 0 Å². The molecule has 0 unspecified atom stereocenters. The first-order chi connectivity index (χ1) is 17.7. The van der Waals surface area contributed by atoms with E-state index < -0.39 is 0 Å². The van der Waals surface area contributed by atoms with Crippen LogP contribution in [0.3, 0.4) is 0 Å². The molecule has 0 saturated carbocycles. The van der Waals surface area contributed by atoms with Crippen LogP contribution in [0.15, 0.2) is 115 Å². The Labute approximate surface area is 213 Å². The minimum Gasteiger partial charge on any atom is -0.334 e. The molecule has 5 rings (SSSR count). The van der Waals surface area contributed by atoms with Gasteiger partial charge in [-0.1, -0.05) is 109 Å². The van der Waals surface area contributed by atoms with Crippen LogP contribution in [0.5, 0.6) is 0 Å². The third kappa shape index (κ3) is 5.64. The third-order valence-corrected chi connectivity index (χ3v) is 6.84. The fourth-order valence-electron chi connectivity index (χ4n) is 4.89. The van der Waals surface area contributed by atoms with Crippen LogP contribution in [0.2, 0.25) is 0 Å². The van der Waals surface area contributed by atoms with Crippen LogP contribution in [0.1, 0.15) is 36.1 Å². The average molecular weight is 473 g/mol. The Kier molecular flexibility index (Phi) is 7.39. The summed E-state index contributed by atoms with van der Waals surface area (Å²) >= 11 is 0. The Morgan fingerprint density at radius 1 is 0.694 bits per heavy atom. The molecule has 0 saturated heterocycles. The molecular formula is C33H32N2O. The zero-order valence-corrected chi connectivity index (χ0v) is 20.7. The largest absolute Gasteiger partial charge is 0.334 e. The summed E-state index contributed by atoms with van der Waals surface area (Å²) < 4.78 is 0. The number of benzene rings is 5. The summed E-state index contributed by atoms with van der Waals surface area (Å²) in [5, 5.41) is 8.50. The molecule has 3 heteroatoms. The standard InChI is InChI=1S/C33H32N2O/c1-25(31-17-9-15-29-13-7-8-16-32(29)31)34-21-20-33(36)35(23-26-10-3-2-4-11-26)24-27-18-19-28-12-5-6-14-30(28)22-27/h2-19,22,25,34H,20-21,23-24H2,1H3/t25-/m1/s1. The minimum atomic E-state index is 0.157. The van der Waals surface area contributed by atoms with Crippen molar-refractivity contribution in [3.05, 3.63) is 132 Å². The second-order valence-electron chi connectivity index (χ2n) is 9.41. The molecule has 1 atom stereocenters. The normalized spacial score (nSPS) is 12.0. The van der Waals surface area contributed by atoms with Crippen molar-refractivity contribution >= 4 is 27.5 Å². The zero-order chi connectivity index (χ0) is 24.7. The topological polar surface area (TPSA) is 32.3 Å². The van der Waals surface area contributed by atoms with Gasteiger partial charge in [0.15, 0.2) is 0 Å². The highest BCUT2D eigenvalue weighted by Gasteiger charge is 2.16. The zero-order valence-electron chi connectivity index (χ0n) is 20.7. The molecule has 0 spiro atoms. The molecule has 3 nitrogen and oxygen atoms in total. The SMILES string of the molecule is C[C@@H](NCCC(=O)N(Cc1ccccc1)Cc1ccc2ccccc2c1)c1cccc2ccccc12. The summed E-state index contributed by atoms with van der Waals surface area (Å²) in [5.74, 6) is 0.157. The number of carbonyl (C=O) groups excluding carboxylic acids is 1. The molecule has 36 heavy (non-hydrogen) atoms. The Morgan fingerprint density at radius 2 is 1.36 bits per heavy atom. The molecule has 0 heterocycles. The van der Waals surface area contributed by atoms with Crippen LogP contribution in [-0.4, -0.2) is 17.4 Å². The summed E-state index contributed by atoms with van der Waals surface area (Å²) in [7, 11) is 0. The Morgan fingerprint density at radius 3 is 2.19 bits per heavy atom. The second-order valence-corrected chi connectivity index (χ2v) is 9.41. The summed E-state index contributed by atoms with van der Waals surface area (Å²) in [4.78, 5) is 15.4. The van der Waals surface area contributed by atoms with Crippen molar-refractivity contribution in [3.8, 4) is 0 Å². The van der Waals surface area contributed by atoms with Gasteiger partial charge < -0.3 is 10.2 Å². The summed E-state index contributed by atoms with van der Waals surface area (Å²) in [5.41, 5.74) is 3.55. The van der Waals surface area contributed by atoms with E-state index >= 15 is 0 Å². The lowest BCUT2D eigenvalue weighted by Gasteiger charge is -2.24. The van der Waals surface area contributed by atoms with Crippen molar-refractivity contribution in [1.29, 1.82) is 0 Å². The van der Waals surface area contributed by atoms with Gasteiger partial charge in [0.2, 0.25) is 5.91 Å². The summed E-state index contributed by atoms with van der Waals surface area (Å²) in [6.45, 7) is 4.00. The van der Waals surface area contributed by atoms with Crippen LogP contribution in [0, 0.1) is 0 Å². The van der Waals surface area contributed by atoms with Crippen LogP contribution < -0.4 is 5.32 Å². The van der Waals surface area contributed by atoms with Crippen molar-refractivity contribution in [2.75, 3.05) is 6.54 Å². The lowest BCUT2D eigenvalue weighted by Crippen LogP contribution is -2.33. The van der Waals surface area contributed by atoms with E-state index in [0.29, 0.717) is 26.1 Å². The minimum absolute atomic E-state index is 0.157. The molecule has 1 amide bonds. The highest BCUT2D eigenvalue weighted by molar-refractivity contribution is 5.86. The molecule has 0 bridgehead atoms. The third-order valence-electron chi connectivity index (χ3n) is 6.84. The Bertz CT molecular complexity index is 1460. The fourth-order valence-corrected chi connectivity index (χ4v) is 4.89. The van der Waals surface area contributed by atoms with E-state index in [2.05, 4.69) is 109 Å². The predicted molar refractivity (Wildman–Crippen MR) is 150 cm³/mol. The number of carbonyl (C=O) groups is 1. The predicted octanol–water partition coefficient (Wildman–Crippen LogP) is 7.26. The fraction of sp³-hybridized carbons (Fsp3) is 0.182. The maximum absolute atomic E-state index is 13.4. The van der Waals surface area contributed by atoms with E-state index in [1.165, 1.54) is 27.1 Å². The van der Waals surface area contributed by atoms with Gasteiger partial charge in [0.05, 0.1) is 0 Å². The van der Waals surface area contributed by atoms with Crippen molar-refractivity contribution in [1.82, 2.24) is 10.2 Å². The molecule has 0 radical (unpaired) electrons. The number of rotatable bonds is 9. The number of hydrogen-bond acceptors (Lipinski definition) is 2. The van der Waals surface area contributed by atoms with E-state index in [1.807, 2.05) is 23.1 Å². The van der Waals surface area contributed by atoms with Crippen molar-refractivity contribution in [3.63, 3.8) is 0 Å². The lowest BCUT2D eigenvalue weighted by molar-refractivity contribution is -0.132. The molecule has 0 aromatic heterocycles. The number of fused-ring (bicyclic) bond motifs is 2. The highest BCUT2D eigenvalue weighted by atomic mass is 16.2. The molecule has 0 aliphatic carbocycles. The molecule has 0 aliphatic rings. The first kappa shape index (κ1) is 23.8. The van der Waals surface area contributed by atoms with Gasteiger partial charge in [0.25, 0.3) is 0 Å².